The summed E-state index contributed by atoms with van der Waals surface area (Å²) in [5.74, 6) is -0.445. The molecule has 0 spiro atoms. The molecular weight excluding hydrogens is 426 g/mol. The summed E-state index contributed by atoms with van der Waals surface area (Å²) in [6, 6.07) is 0. The number of nitrogens with one attached hydrogen (secondary N) is 1. The van der Waals surface area contributed by atoms with Crippen LogP contribution in [0.25, 0.3) is 0 Å². The summed E-state index contributed by atoms with van der Waals surface area (Å²) in [6.45, 7) is 11.9. The monoisotopic (exact) mass is 461 g/mol. The highest BCUT2D eigenvalue weighted by atomic mass is 32.1. The number of anilines is 1. The number of esters is 2. The van der Waals surface area contributed by atoms with Crippen LogP contribution >= 0.6 is 11.3 Å². The summed E-state index contributed by atoms with van der Waals surface area (Å²) in [4.78, 5) is 39.5. The molecular formula is C25H35NO5S. The fraction of sp³-hybridized carbons (Fsp3) is 0.720. The molecule has 2 unspecified atom stereocenters. The largest absolute Gasteiger partial charge is 0.462 e. The fourth-order valence-electron chi connectivity index (χ4n) is 7.45. The fourth-order valence-corrected chi connectivity index (χ4v) is 8.53. The van der Waals surface area contributed by atoms with Crippen LogP contribution in [0.1, 0.15) is 98.7 Å². The minimum atomic E-state index is -0.524. The van der Waals surface area contributed by atoms with Gasteiger partial charge in [0.2, 0.25) is 5.91 Å². The van der Waals surface area contributed by atoms with Crippen LogP contribution in [0.3, 0.4) is 0 Å². The first-order valence-electron chi connectivity index (χ1n) is 11.7. The van der Waals surface area contributed by atoms with Gasteiger partial charge in [0.1, 0.15) is 9.88 Å². The summed E-state index contributed by atoms with van der Waals surface area (Å²) in [7, 11) is 0. The van der Waals surface area contributed by atoms with Crippen molar-refractivity contribution in [3.05, 3.63) is 16.0 Å². The Hall–Kier alpha value is -1.89. The van der Waals surface area contributed by atoms with Crippen LogP contribution < -0.4 is 5.32 Å². The van der Waals surface area contributed by atoms with E-state index in [1.807, 2.05) is 0 Å². The van der Waals surface area contributed by atoms with Gasteiger partial charge < -0.3 is 14.8 Å². The molecule has 0 aliphatic heterocycles. The Kier molecular flexibility index (Phi) is 5.71. The van der Waals surface area contributed by atoms with Gasteiger partial charge >= 0.3 is 11.9 Å². The second kappa shape index (κ2) is 7.86. The van der Waals surface area contributed by atoms with Crippen molar-refractivity contribution in [3.8, 4) is 0 Å². The molecule has 7 heteroatoms. The molecule has 1 heterocycles. The number of thiophene rings is 1. The Morgan fingerprint density at radius 1 is 1.06 bits per heavy atom. The average molecular weight is 462 g/mol. The van der Waals surface area contributed by atoms with E-state index in [4.69, 9.17) is 9.47 Å². The van der Waals surface area contributed by atoms with Crippen LogP contribution in [-0.4, -0.2) is 30.6 Å². The lowest BCUT2D eigenvalue weighted by Gasteiger charge is -2.64. The average Bonchev–Trinajstić information content (AvgIpc) is 2.94. The molecule has 6 nitrogen and oxygen atoms in total. The minimum Gasteiger partial charge on any atom is -0.462 e. The molecule has 1 aromatic heterocycles. The van der Waals surface area contributed by atoms with E-state index in [1.54, 1.807) is 27.7 Å². The van der Waals surface area contributed by atoms with E-state index in [0.29, 0.717) is 21.4 Å². The number of carbonyl (C=O) groups excluding carboxylic acids is 3. The van der Waals surface area contributed by atoms with Crippen LogP contribution in [0.2, 0.25) is 0 Å². The molecule has 1 amide bonds. The third-order valence-corrected chi connectivity index (χ3v) is 8.68. The molecule has 0 aromatic carbocycles. The second-order valence-electron chi connectivity index (χ2n) is 11.3. The molecule has 4 aliphatic carbocycles. The van der Waals surface area contributed by atoms with Gasteiger partial charge in [0.05, 0.1) is 23.7 Å². The third kappa shape index (κ3) is 3.97. The number of hydrogen-bond acceptors (Lipinski definition) is 6. The van der Waals surface area contributed by atoms with E-state index in [9.17, 15) is 14.4 Å². The zero-order chi connectivity index (χ0) is 23.5. The normalized spacial score (nSPS) is 32.8. The Morgan fingerprint density at radius 2 is 1.69 bits per heavy atom. The van der Waals surface area contributed by atoms with Crippen molar-refractivity contribution in [2.24, 2.45) is 22.2 Å². The Morgan fingerprint density at radius 3 is 2.22 bits per heavy atom. The van der Waals surface area contributed by atoms with Crippen LogP contribution in [0.15, 0.2) is 0 Å². The number of rotatable bonds is 6. The molecule has 4 fully saturated rings. The highest BCUT2D eigenvalue weighted by Crippen LogP contribution is 2.69. The Balaban J connectivity index is 1.67. The van der Waals surface area contributed by atoms with Gasteiger partial charge in [-0.25, -0.2) is 9.59 Å². The van der Waals surface area contributed by atoms with Gasteiger partial charge in [-0.15, -0.1) is 11.3 Å². The van der Waals surface area contributed by atoms with Crippen molar-refractivity contribution in [1.82, 2.24) is 0 Å². The third-order valence-electron chi connectivity index (χ3n) is 7.49. The highest BCUT2D eigenvalue weighted by molar-refractivity contribution is 7.18. The minimum absolute atomic E-state index is 0.0192. The first-order valence-corrected chi connectivity index (χ1v) is 12.5. The quantitative estimate of drug-likeness (QED) is 0.547. The van der Waals surface area contributed by atoms with E-state index in [2.05, 4.69) is 19.2 Å². The molecule has 176 valence electrons. The van der Waals surface area contributed by atoms with Crippen molar-refractivity contribution < 1.29 is 23.9 Å². The highest BCUT2D eigenvalue weighted by Gasteiger charge is 2.62. The zero-order valence-corrected chi connectivity index (χ0v) is 20.9. The van der Waals surface area contributed by atoms with Gasteiger partial charge in [-0.3, -0.25) is 4.79 Å². The number of hydrogen-bond donors (Lipinski definition) is 1. The van der Waals surface area contributed by atoms with Gasteiger partial charge in [0.15, 0.2) is 0 Å². The summed E-state index contributed by atoms with van der Waals surface area (Å²) >= 11 is 1.11. The number of amides is 1. The molecule has 4 saturated carbocycles. The molecule has 5 rings (SSSR count). The van der Waals surface area contributed by atoms with Crippen molar-refractivity contribution >= 4 is 34.2 Å². The van der Waals surface area contributed by atoms with Gasteiger partial charge in [0.25, 0.3) is 0 Å². The van der Waals surface area contributed by atoms with Crippen molar-refractivity contribution in [2.75, 3.05) is 11.9 Å². The lowest BCUT2D eigenvalue weighted by atomic mass is 9.40. The predicted octanol–water partition coefficient (Wildman–Crippen LogP) is 5.73. The maximum absolute atomic E-state index is 13.8. The lowest BCUT2D eigenvalue weighted by Crippen LogP contribution is -2.58. The SMILES string of the molecule is CCOC(=O)c1sc(NC(=O)C23CC4C[C@@](C)(C2)C[C@](C)(C4)C3)c(C(=O)OC(C)C)c1C. The smallest absolute Gasteiger partial charge is 0.348 e. The van der Waals surface area contributed by atoms with Crippen LogP contribution in [0.4, 0.5) is 5.00 Å². The van der Waals surface area contributed by atoms with Crippen LogP contribution in [0, 0.1) is 29.1 Å². The van der Waals surface area contributed by atoms with Gasteiger partial charge in [-0.1, -0.05) is 13.8 Å². The second-order valence-corrected chi connectivity index (χ2v) is 12.3. The molecule has 1 aromatic rings. The predicted molar refractivity (Wildman–Crippen MR) is 124 cm³/mol. The van der Waals surface area contributed by atoms with Gasteiger partial charge in [-0.2, -0.15) is 0 Å². The Bertz CT molecular complexity index is 946. The lowest BCUT2D eigenvalue weighted by molar-refractivity contribution is -0.165. The van der Waals surface area contributed by atoms with Gasteiger partial charge in [-0.05, 0) is 88.5 Å². The molecule has 0 radical (unpaired) electrons. The summed E-state index contributed by atoms with van der Waals surface area (Å²) < 4.78 is 10.6. The molecule has 4 bridgehead atoms. The molecule has 4 aliphatic rings. The van der Waals surface area contributed by atoms with E-state index < -0.39 is 17.4 Å². The summed E-state index contributed by atoms with van der Waals surface area (Å²) in [6.07, 6.45) is 5.97. The standard InChI is InChI=1S/C25H35NO5S/c1-7-30-21(28)18-15(4)17(20(27)31-14(2)3)19(32-18)26-22(29)25-10-16-8-23(5,12-25)11-24(6,9-16)13-25/h14,16H,7-13H2,1-6H3,(H,26,29)/t16?,23-,24+,25?. The molecule has 32 heavy (non-hydrogen) atoms. The van der Waals surface area contributed by atoms with E-state index in [0.717, 1.165) is 30.6 Å². The van der Waals surface area contributed by atoms with Crippen molar-refractivity contribution in [1.29, 1.82) is 0 Å². The van der Waals surface area contributed by atoms with E-state index in [1.165, 1.54) is 19.3 Å². The Labute approximate surface area is 194 Å². The summed E-state index contributed by atoms with van der Waals surface area (Å²) in [5, 5.41) is 3.48. The first kappa shape index (κ1) is 23.3. The number of carbonyl (C=O) groups is 3. The number of ether oxygens (including phenoxy) is 2. The van der Waals surface area contributed by atoms with Crippen molar-refractivity contribution in [3.63, 3.8) is 0 Å². The van der Waals surface area contributed by atoms with E-state index >= 15 is 0 Å². The molecule has 4 atom stereocenters. The topological polar surface area (TPSA) is 81.7 Å². The summed E-state index contributed by atoms with van der Waals surface area (Å²) in [5.41, 5.74) is 0.754. The molecule has 1 N–H and O–H groups in total. The maximum atomic E-state index is 13.8. The maximum Gasteiger partial charge on any atom is 0.348 e. The van der Waals surface area contributed by atoms with Crippen LogP contribution in [-0.2, 0) is 14.3 Å². The van der Waals surface area contributed by atoms with Crippen molar-refractivity contribution in [2.45, 2.75) is 86.2 Å². The van der Waals surface area contributed by atoms with Crippen LogP contribution in [0.5, 0.6) is 0 Å². The van der Waals surface area contributed by atoms with Gasteiger partial charge in [0, 0.05) is 0 Å². The first-order chi connectivity index (χ1) is 14.9. The zero-order valence-electron chi connectivity index (χ0n) is 20.1. The van der Waals surface area contributed by atoms with E-state index in [-0.39, 0.29) is 35.0 Å². The molecule has 0 saturated heterocycles.